The summed E-state index contributed by atoms with van der Waals surface area (Å²) in [6.07, 6.45) is -1.01. The summed E-state index contributed by atoms with van der Waals surface area (Å²) in [5.41, 5.74) is -0.725. The van der Waals surface area contributed by atoms with Crippen LogP contribution in [0.15, 0.2) is 29.1 Å². The second kappa shape index (κ2) is 7.35. The van der Waals surface area contributed by atoms with Gasteiger partial charge in [0.2, 0.25) is 5.91 Å². The van der Waals surface area contributed by atoms with Crippen LogP contribution in [0.1, 0.15) is 48.6 Å². The van der Waals surface area contributed by atoms with Crippen LogP contribution in [0.3, 0.4) is 0 Å². The number of benzene rings is 1. The van der Waals surface area contributed by atoms with Crippen LogP contribution in [0, 0.1) is 5.92 Å². The minimum atomic E-state index is -4.43. The molecule has 0 atom stereocenters. The van der Waals surface area contributed by atoms with E-state index in [0.29, 0.717) is 24.5 Å². The maximum absolute atomic E-state index is 12.9. The summed E-state index contributed by atoms with van der Waals surface area (Å²) in [4.78, 5) is 26.7. The van der Waals surface area contributed by atoms with Crippen molar-refractivity contribution < 1.29 is 18.0 Å². The van der Waals surface area contributed by atoms with E-state index in [1.165, 1.54) is 15.3 Å². The van der Waals surface area contributed by atoms with Crippen molar-refractivity contribution >= 4 is 5.91 Å². The normalized spacial score (nSPS) is 18.3. The average Bonchev–Trinajstić information content (AvgIpc) is 3.51. The fourth-order valence-corrected chi connectivity index (χ4v) is 3.93. The Morgan fingerprint density at radius 1 is 1.17 bits per heavy atom. The Hall–Kier alpha value is -2.58. The maximum Gasteiger partial charge on any atom is 0.416 e. The van der Waals surface area contributed by atoms with Gasteiger partial charge in [0, 0.05) is 32.0 Å². The predicted octanol–water partition coefficient (Wildman–Crippen LogP) is 2.76. The number of hydrogen-bond donors (Lipinski definition) is 0. The lowest BCUT2D eigenvalue weighted by atomic mass is 9.95. The first-order chi connectivity index (χ1) is 13.7. The monoisotopic (exact) mass is 408 g/mol. The van der Waals surface area contributed by atoms with Crippen LogP contribution in [0.2, 0.25) is 0 Å². The van der Waals surface area contributed by atoms with Gasteiger partial charge in [-0.3, -0.25) is 9.36 Å². The smallest absolute Gasteiger partial charge is 0.342 e. The van der Waals surface area contributed by atoms with Crippen molar-refractivity contribution in [2.45, 2.75) is 44.3 Å². The van der Waals surface area contributed by atoms with E-state index >= 15 is 0 Å². The number of aromatic nitrogens is 3. The van der Waals surface area contributed by atoms with Gasteiger partial charge in [-0.05, 0) is 43.4 Å². The third-order valence-corrected chi connectivity index (χ3v) is 5.76. The zero-order valence-electron chi connectivity index (χ0n) is 16.2. The van der Waals surface area contributed by atoms with E-state index in [1.807, 2.05) is 4.90 Å². The number of amides is 1. The van der Waals surface area contributed by atoms with Crippen molar-refractivity contribution in [3.8, 4) is 0 Å². The molecule has 0 radical (unpaired) electrons. The second-order valence-corrected chi connectivity index (χ2v) is 7.93. The van der Waals surface area contributed by atoms with Crippen LogP contribution in [0.5, 0.6) is 0 Å². The number of alkyl halides is 3. The standard InChI is InChI=1S/C20H23F3N4O2/c1-25-17(14-7-9-26(10-8-14)18(28)15-5-6-15)24-27(19(25)29)12-13-3-2-4-16(11-13)20(21,22)23/h2-4,11,14-15H,5-10,12H2,1H3. The highest BCUT2D eigenvalue weighted by atomic mass is 19.4. The molecule has 1 aliphatic heterocycles. The minimum Gasteiger partial charge on any atom is -0.342 e. The summed E-state index contributed by atoms with van der Waals surface area (Å²) in [5, 5.41) is 4.42. The predicted molar refractivity (Wildman–Crippen MR) is 99.3 cm³/mol. The highest BCUT2D eigenvalue weighted by Gasteiger charge is 2.36. The Morgan fingerprint density at radius 2 is 1.86 bits per heavy atom. The van der Waals surface area contributed by atoms with Gasteiger partial charge in [-0.15, -0.1) is 0 Å². The molecule has 1 amide bonds. The third kappa shape index (κ3) is 4.09. The Balaban J connectivity index is 1.48. The molecule has 29 heavy (non-hydrogen) atoms. The summed E-state index contributed by atoms with van der Waals surface area (Å²) in [6.45, 7) is 1.28. The minimum absolute atomic E-state index is 0.0182. The SMILES string of the molecule is Cn1c(C2CCN(C(=O)C3CC3)CC2)nn(Cc2cccc(C(F)(F)F)c2)c1=O. The number of carbonyl (C=O) groups is 1. The van der Waals surface area contributed by atoms with Crippen molar-refractivity contribution in [1.82, 2.24) is 19.2 Å². The largest absolute Gasteiger partial charge is 0.416 e. The van der Waals surface area contributed by atoms with Gasteiger partial charge in [-0.1, -0.05) is 12.1 Å². The van der Waals surface area contributed by atoms with E-state index in [1.54, 1.807) is 13.1 Å². The van der Waals surface area contributed by atoms with Crippen molar-refractivity contribution in [2.75, 3.05) is 13.1 Å². The lowest BCUT2D eigenvalue weighted by Crippen LogP contribution is -2.39. The van der Waals surface area contributed by atoms with E-state index in [9.17, 15) is 22.8 Å². The number of piperidine rings is 1. The molecule has 2 aromatic rings. The molecule has 0 bridgehead atoms. The van der Waals surface area contributed by atoms with Gasteiger partial charge in [0.05, 0.1) is 12.1 Å². The van der Waals surface area contributed by atoms with Crippen LogP contribution >= 0.6 is 0 Å². The number of likely N-dealkylation sites (tertiary alicyclic amines) is 1. The Bertz CT molecular complexity index is 967. The molecule has 0 spiro atoms. The second-order valence-electron chi connectivity index (χ2n) is 7.93. The van der Waals surface area contributed by atoms with E-state index in [4.69, 9.17) is 0 Å². The molecule has 1 aromatic carbocycles. The Morgan fingerprint density at radius 3 is 2.48 bits per heavy atom. The van der Waals surface area contributed by atoms with Gasteiger partial charge in [-0.2, -0.15) is 18.3 Å². The summed E-state index contributed by atoms with van der Waals surface area (Å²) < 4.78 is 41.5. The van der Waals surface area contributed by atoms with Gasteiger partial charge >= 0.3 is 11.9 Å². The van der Waals surface area contributed by atoms with Crippen LogP contribution in [0.25, 0.3) is 0 Å². The van der Waals surface area contributed by atoms with E-state index in [2.05, 4.69) is 5.10 Å². The zero-order valence-corrected chi connectivity index (χ0v) is 16.2. The molecule has 1 aromatic heterocycles. The molecule has 2 fully saturated rings. The lowest BCUT2D eigenvalue weighted by molar-refractivity contribution is -0.137. The Labute approximate surface area is 165 Å². The van der Waals surface area contributed by atoms with Crippen LogP contribution in [-0.2, 0) is 24.6 Å². The molecular formula is C20H23F3N4O2. The third-order valence-electron chi connectivity index (χ3n) is 5.76. The summed E-state index contributed by atoms with van der Waals surface area (Å²) in [7, 11) is 1.63. The first kappa shape index (κ1) is 19.7. The molecule has 156 valence electrons. The van der Waals surface area contributed by atoms with Crippen molar-refractivity contribution in [2.24, 2.45) is 13.0 Å². The first-order valence-corrected chi connectivity index (χ1v) is 9.82. The molecule has 0 N–H and O–H groups in total. The topological polar surface area (TPSA) is 60.1 Å². The van der Waals surface area contributed by atoms with Gasteiger partial charge in [0.15, 0.2) is 0 Å². The van der Waals surface area contributed by atoms with Crippen LogP contribution in [0.4, 0.5) is 13.2 Å². The van der Waals surface area contributed by atoms with E-state index in [0.717, 1.165) is 37.8 Å². The highest BCUT2D eigenvalue weighted by Crippen LogP contribution is 2.34. The summed E-state index contributed by atoms with van der Waals surface area (Å²) >= 11 is 0. The van der Waals surface area contributed by atoms with Crippen molar-refractivity contribution in [1.29, 1.82) is 0 Å². The van der Waals surface area contributed by atoms with Crippen LogP contribution in [-0.4, -0.2) is 38.2 Å². The molecule has 2 aliphatic rings. The first-order valence-electron chi connectivity index (χ1n) is 9.82. The molecule has 4 rings (SSSR count). The van der Waals surface area contributed by atoms with Gasteiger partial charge < -0.3 is 4.90 Å². The fraction of sp³-hybridized carbons (Fsp3) is 0.550. The fourth-order valence-electron chi connectivity index (χ4n) is 3.93. The van der Waals surface area contributed by atoms with E-state index < -0.39 is 11.7 Å². The molecule has 0 unspecified atom stereocenters. The quantitative estimate of drug-likeness (QED) is 0.782. The summed E-state index contributed by atoms with van der Waals surface area (Å²) in [5.74, 6) is 1.11. The zero-order chi connectivity index (χ0) is 20.8. The number of carbonyl (C=O) groups excluding carboxylic acids is 1. The Kier molecular flexibility index (Phi) is 5.00. The molecule has 9 heteroatoms. The van der Waals surface area contributed by atoms with Gasteiger partial charge in [0.25, 0.3) is 0 Å². The highest BCUT2D eigenvalue weighted by molar-refractivity contribution is 5.81. The van der Waals surface area contributed by atoms with Gasteiger partial charge in [0.1, 0.15) is 5.82 Å². The average molecular weight is 408 g/mol. The molecule has 1 saturated heterocycles. The maximum atomic E-state index is 12.9. The van der Waals surface area contributed by atoms with Gasteiger partial charge in [-0.25, -0.2) is 9.48 Å². The lowest BCUT2D eigenvalue weighted by Gasteiger charge is -2.31. The van der Waals surface area contributed by atoms with Crippen molar-refractivity contribution in [3.63, 3.8) is 0 Å². The summed E-state index contributed by atoms with van der Waals surface area (Å²) in [6, 6.07) is 4.94. The van der Waals surface area contributed by atoms with Crippen molar-refractivity contribution in [3.05, 3.63) is 51.7 Å². The molecule has 2 heterocycles. The molecule has 6 nitrogen and oxygen atoms in total. The molecule has 1 saturated carbocycles. The molecule has 1 aliphatic carbocycles. The number of hydrogen-bond acceptors (Lipinski definition) is 3. The number of nitrogens with zero attached hydrogens (tertiary/aromatic N) is 4. The van der Waals surface area contributed by atoms with E-state index in [-0.39, 0.29) is 30.0 Å². The number of rotatable bonds is 4. The molecular weight excluding hydrogens is 385 g/mol. The van der Waals surface area contributed by atoms with Crippen LogP contribution < -0.4 is 5.69 Å². The number of halogens is 3.